The summed E-state index contributed by atoms with van der Waals surface area (Å²) in [6, 6.07) is 8.04. The smallest absolute Gasteiger partial charge is 0.118 e. The fraction of sp³-hybridized carbons (Fsp3) is 0.385. The summed E-state index contributed by atoms with van der Waals surface area (Å²) in [5.41, 5.74) is 0.632. The summed E-state index contributed by atoms with van der Waals surface area (Å²) in [5, 5.41) is 9.81. The lowest BCUT2D eigenvalue weighted by Crippen LogP contribution is -2.40. The van der Waals surface area contributed by atoms with Gasteiger partial charge >= 0.3 is 0 Å². The molecule has 0 spiro atoms. The first-order chi connectivity index (χ1) is 7.17. The number of methoxy groups -OCH3 is 1. The normalized spacial score (nSPS) is 29.3. The van der Waals surface area contributed by atoms with E-state index in [1.807, 2.05) is 12.1 Å². The Bertz CT molecular complexity index is 347. The predicted octanol–water partition coefficient (Wildman–Crippen LogP) is 2.49. The minimum Gasteiger partial charge on any atom is -0.497 e. The van der Waals surface area contributed by atoms with E-state index in [0.717, 1.165) is 18.6 Å². The first-order valence-corrected chi connectivity index (χ1v) is 5.17. The maximum atomic E-state index is 9.81. The third-order valence-electron chi connectivity index (χ3n) is 3.17. The summed E-state index contributed by atoms with van der Waals surface area (Å²) in [5.74, 6) is 1.33. The van der Waals surface area contributed by atoms with Gasteiger partial charge < -0.3 is 9.84 Å². The van der Waals surface area contributed by atoms with E-state index in [0.29, 0.717) is 5.92 Å². The molecule has 15 heavy (non-hydrogen) atoms. The molecule has 0 radical (unpaired) electrons. The van der Waals surface area contributed by atoms with Crippen molar-refractivity contribution in [3.05, 3.63) is 42.5 Å². The molecule has 2 rings (SSSR count). The number of rotatable bonds is 3. The van der Waals surface area contributed by atoms with Crippen LogP contribution in [0.5, 0.6) is 5.75 Å². The zero-order chi connectivity index (χ0) is 10.9. The molecule has 0 amide bonds. The Hall–Kier alpha value is -1.28. The molecule has 0 heterocycles. The molecule has 0 saturated heterocycles. The van der Waals surface area contributed by atoms with Crippen LogP contribution in [0.3, 0.4) is 0 Å². The van der Waals surface area contributed by atoms with Gasteiger partial charge in [0.25, 0.3) is 0 Å². The summed E-state index contributed by atoms with van der Waals surface area (Å²) >= 11 is 0. The molecule has 1 saturated carbocycles. The predicted molar refractivity (Wildman–Crippen MR) is 60.1 cm³/mol. The van der Waals surface area contributed by atoms with Crippen LogP contribution in [0.2, 0.25) is 0 Å². The first kappa shape index (κ1) is 10.2. The van der Waals surface area contributed by atoms with E-state index in [1.54, 1.807) is 13.2 Å². The van der Waals surface area contributed by atoms with E-state index >= 15 is 0 Å². The molecular formula is C13H16O2. The lowest BCUT2D eigenvalue weighted by Gasteiger charge is -2.41. The minimum atomic E-state index is -0.634. The molecule has 1 fully saturated rings. The molecule has 2 heteroatoms. The van der Waals surface area contributed by atoms with Crippen molar-refractivity contribution < 1.29 is 9.84 Å². The van der Waals surface area contributed by atoms with Crippen molar-refractivity contribution in [3.63, 3.8) is 0 Å². The zero-order valence-electron chi connectivity index (χ0n) is 8.94. The maximum absolute atomic E-state index is 9.81. The summed E-state index contributed by atoms with van der Waals surface area (Å²) in [6.07, 6.45) is 3.21. The van der Waals surface area contributed by atoms with Gasteiger partial charge in [-0.3, -0.25) is 0 Å². The molecule has 1 aliphatic rings. The molecule has 0 aliphatic heterocycles. The highest BCUT2D eigenvalue weighted by Crippen LogP contribution is 2.45. The Morgan fingerprint density at radius 2 is 2.00 bits per heavy atom. The molecule has 1 aliphatic carbocycles. The van der Waals surface area contributed by atoms with Crippen molar-refractivity contribution in [2.24, 2.45) is 0 Å². The molecule has 0 unspecified atom stereocenters. The number of hydrogen-bond acceptors (Lipinski definition) is 2. The Morgan fingerprint density at radius 1 is 1.40 bits per heavy atom. The zero-order valence-corrected chi connectivity index (χ0v) is 8.94. The van der Waals surface area contributed by atoms with Crippen molar-refractivity contribution >= 4 is 0 Å². The molecule has 2 nitrogen and oxygen atoms in total. The SMILES string of the molecule is C=CC1(O)CC(c2ccc(OC)cc2)C1. The van der Waals surface area contributed by atoms with Gasteiger partial charge in [0.1, 0.15) is 5.75 Å². The van der Waals surface area contributed by atoms with Crippen molar-refractivity contribution in [2.75, 3.05) is 7.11 Å². The van der Waals surface area contributed by atoms with Gasteiger partial charge in [-0.25, -0.2) is 0 Å². The Kier molecular flexibility index (Phi) is 2.53. The van der Waals surface area contributed by atoms with Crippen LogP contribution in [0.1, 0.15) is 24.3 Å². The summed E-state index contributed by atoms with van der Waals surface area (Å²) in [4.78, 5) is 0. The van der Waals surface area contributed by atoms with Gasteiger partial charge in [0.15, 0.2) is 0 Å². The number of aliphatic hydroxyl groups is 1. The fourth-order valence-electron chi connectivity index (χ4n) is 2.07. The van der Waals surface area contributed by atoms with Gasteiger partial charge in [-0.2, -0.15) is 0 Å². The summed E-state index contributed by atoms with van der Waals surface area (Å²) in [7, 11) is 1.66. The molecule has 0 bridgehead atoms. The van der Waals surface area contributed by atoms with E-state index < -0.39 is 5.60 Å². The van der Waals surface area contributed by atoms with E-state index in [1.165, 1.54) is 5.56 Å². The average Bonchev–Trinajstić information content (AvgIpc) is 2.25. The van der Waals surface area contributed by atoms with Gasteiger partial charge in [0.05, 0.1) is 12.7 Å². The second-order valence-electron chi connectivity index (χ2n) is 4.19. The minimum absolute atomic E-state index is 0.457. The van der Waals surface area contributed by atoms with Gasteiger partial charge in [-0.1, -0.05) is 18.2 Å². The lowest BCUT2D eigenvalue weighted by molar-refractivity contribution is -0.00312. The molecular weight excluding hydrogens is 188 g/mol. The first-order valence-electron chi connectivity index (χ1n) is 5.17. The van der Waals surface area contributed by atoms with E-state index in [4.69, 9.17) is 4.74 Å². The van der Waals surface area contributed by atoms with Crippen molar-refractivity contribution in [1.29, 1.82) is 0 Å². The molecule has 1 aromatic carbocycles. The van der Waals surface area contributed by atoms with Crippen LogP contribution in [-0.2, 0) is 0 Å². The van der Waals surface area contributed by atoms with Crippen molar-refractivity contribution in [2.45, 2.75) is 24.4 Å². The van der Waals surface area contributed by atoms with Gasteiger partial charge in [0, 0.05) is 0 Å². The third-order valence-corrected chi connectivity index (χ3v) is 3.17. The molecule has 80 valence electrons. The van der Waals surface area contributed by atoms with Gasteiger partial charge in [-0.15, -0.1) is 6.58 Å². The summed E-state index contributed by atoms with van der Waals surface area (Å²) in [6.45, 7) is 3.64. The number of ether oxygens (including phenoxy) is 1. The largest absolute Gasteiger partial charge is 0.497 e. The second kappa shape index (κ2) is 3.70. The van der Waals surface area contributed by atoms with Crippen LogP contribution < -0.4 is 4.74 Å². The molecule has 1 aromatic rings. The summed E-state index contributed by atoms with van der Waals surface area (Å²) < 4.78 is 5.10. The van der Waals surface area contributed by atoms with Crippen molar-refractivity contribution in [3.8, 4) is 5.75 Å². The van der Waals surface area contributed by atoms with Crippen LogP contribution >= 0.6 is 0 Å². The average molecular weight is 204 g/mol. The van der Waals surface area contributed by atoms with Crippen LogP contribution in [-0.4, -0.2) is 17.8 Å². The van der Waals surface area contributed by atoms with E-state index in [2.05, 4.69) is 18.7 Å². The highest BCUT2D eigenvalue weighted by molar-refractivity contribution is 5.32. The third kappa shape index (κ3) is 1.90. The molecule has 1 N–H and O–H groups in total. The standard InChI is InChI=1S/C13H16O2/c1-3-13(14)8-11(9-13)10-4-6-12(15-2)7-5-10/h3-7,11,14H,1,8-9H2,2H3. The Morgan fingerprint density at radius 3 is 2.47 bits per heavy atom. The lowest BCUT2D eigenvalue weighted by atomic mass is 9.68. The van der Waals surface area contributed by atoms with Crippen molar-refractivity contribution in [1.82, 2.24) is 0 Å². The Balaban J connectivity index is 2.04. The number of hydrogen-bond donors (Lipinski definition) is 1. The second-order valence-corrected chi connectivity index (χ2v) is 4.19. The monoisotopic (exact) mass is 204 g/mol. The van der Waals surface area contributed by atoms with Gasteiger partial charge in [0.2, 0.25) is 0 Å². The highest BCUT2D eigenvalue weighted by atomic mass is 16.5. The maximum Gasteiger partial charge on any atom is 0.118 e. The van der Waals surface area contributed by atoms with E-state index in [9.17, 15) is 5.11 Å². The molecule has 0 aromatic heterocycles. The van der Waals surface area contributed by atoms with Crippen LogP contribution in [0.4, 0.5) is 0 Å². The number of benzene rings is 1. The Labute approximate surface area is 90.2 Å². The quantitative estimate of drug-likeness (QED) is 0.766. The highest BCUT2D eigenvalue weighted by Gasteiger charge is 2.40. The molecule has 0 atom stereocenters. The van der Waals surface area contributed by atoms with E-state index in [-0.39, 0.29) is 0 Å². The topological polar surface area (TPSA) is 29.5 Å². The van der Waals surface area contributed by atoms with Crippen LogP contribution in [0.15, 0.2) is 36.9 Å². The van der Waals surface area contributed by atoms with Gasteiger partial charge in [-0.05, 0) is 36.5 Å². The fourth-order valence-corrected chi connectivity index (χ4v) is 2.07. The van der Waals surface area contributed by atoms with Crippen LogP contribution in [0, 0.1) is 0 Å². The van der Waals surface area contributed by atoms with Crippen LogP contribution in [0.25, 0.3) is 0 Å².